The lowest BCUT2D eigenvalue weighted by atomic mass is 9.50. The predicted octanol–water partition coefficient (Wildman–Crippen LogP) is 8.74. The van der Waals surface area contributed by atoms with Gasteiger partial charge in [0.25, 0.3) is 5.56 Å². The Morgan fingerprint density at radius 2 is 1.70 bits per heavy atom. The number of cyclic esters (lactones) is 1. The molecule has 2 aromatic carbocycles. The molecule has 1 unspecified atom stereocenters. The number of pyridine rings is 2. The second kappa shape index (κ2) is 21.2. The largest absolute Gasteiger partial charge is 0.458 e. The number of hydrogen-bond donors (Lipinski definition) is 1. The van der Waals surface area contributed by atoms with E-state index in [0.29, 0.717) is 67.0 Å². The average molecular weight is 1080 g/mol. The van der Waals surface area contributed by atoms with Gasteiger partial charge < -0.3 is 38.6 Å². The molecule has 1 amide bonds. The normalized spacial score (nSPS) is 26.2. The monoisotopic (exact) mass is 1080 g/mol. The highest BCUT2D eigenvalue weighted by Gasteiger charge is 2.65. The van der Waals surface area contributed by atoms with Crippen LogP contribution in [0.2, 0.25) is 0 Å². The van der Waals surface area contributed by atoms with Crippen molar-refractivity contribution in [2.75, 3.05) is 65.3 Å². The molecular weight excluding hydrogens is 1000 g/mol. The van der Waals surface area contributed by atoms with Gasteiger partial charge in [0, 0.05) is 105 Å². The van der Waals surface area contributed by atoms with Crippen LogP contribution in [0.25, 0.3) is 22.3 Å². The molecule has 7 aliphatic rings. The SMILES string of the molecule is CC[C@@]1(O)C(=O)OCc2c1cc1n(c2=O)Cc2cc3c(CN(C)C)c(OC(=O)N4CCN(CCCCCN(C)c5ccc([C@H]6C[C@@]7(C)[C@@H](CC[C@@]7(CC(C)=O)OC(C)=O)C7CCC8=CC(=O)CCC8=C76)cc5)CC4)ccc3nc2-1. The average Bonchev–Trinajstić information content (AvgIpc) is 3.25. The zero-order valence-corrected chi connectivity index (χ0v) is 47.1. The first-order valence-electron chi connectivity index (χ1n) is 28.7. The van der Waals surface area contributed by atoms with Crippen molar-refractivity contribution in [1.82, 2.24) is 24.3 Å². The minimum absolute atomic E-state index is 0.0489. The number of aromatic nitrogens is 2. The summed E-state index contributed by atoms with van der Waals surface area (Å²) in [6.45, 7) is 12.1. The molecule has 16 heteroatoms. The van der Waals surface area contributed by atoms with Crippen LogP contribution in [0.15, 0.2) is 76.1 Å². The highest BCUT2D eigenvalue weighted by atomic mass is 16.6. The molecule has 4 aromatic rings. The maximum atomic E-state index is 13.8. The smallest absolute Gasteiger partial charge is 0.415 e. The molecule has 16 nitrogen and oxygen atoms in total. The number of anilines is 1. The summed E-state index contributed by atoms with van der Waals surface area (Å²) in [5.74, 6) is 0.340. The molecule has 6 atom stereocenters. The highest BCUT2D eigenvalue weighted by Crippen LogP contribution is 2.68. The summed E-state index contributed by atoms with van der Waals surface area (Å²) >= 11 is 0. The molecule has 2 saturated carbocycles. The van der Waals surface area contributed by atoms with Crippen LogP contribution in [0.1, 0.15) is 138 Å². The number of benzene rings is 2. The van der Waals surface area contributed by atoms with Crippen LogP contribution in [0.5, 0.6) is 5.75 Å². The molecule has 3 aliphatic heterocycles. The summed E-state index contributed by atoms with van der Waals surface area (Å²) in [6, 6.07) is 16.4. The summed E-state index contributed by atoms with van der Waals surface area (Å²) in [6.07, 6.45) is 10.5. The maximum absolute atomic E-state index is 13.8. The standard InChI is InChI=1S/C63H76N6O10/c1-8-63(76)52-32-54-57-42(35-69(54)58(73)50(52)37-77-59(63)74)31-47-49(36-65(5)6)55(21-20-53(47)64-57)78-60(75)68-28-26-67(27-29-68)25-11-9-10-24-66(7)43-15-12-40(13-16-43)48-34-61(4)51(22-23-62(61,33-38(2)70)79-39(3)71)46-18-14-41-30-44(72)17-19-45(41)56(46)48/h12-13,15-16,20-21,30-32,46,48,51,76H,8-11,14,17-19,22-29,33-37H2,1-7H3/t46?,48-,51+,61+,62+,63+/m1/s1. The van der Waals surface area contributed by atoms with Crippen molar-refractivity contribution in [3.05, 3.63) is 109 Å². The van der Waals surface area contributed by atoms with Gasteiger partial charge in [0.15, 0.2) is 11.4 Å². The molecule has 3 fully saturated rings. The van der Waals surface area contributed by atoms with Gasteiger partial charge in [-0.05, 0) is 156 Å². The molecular formula is C63H76N6O10. The maximum Gasteiger partial charge on any atom is 0.415 e. The molecule has 0 spiro atoms. The molecule has 11 rings (SSSR count). The first-order chi connectivity index (χ1) is 37.8. The Balaban J connectivity index is 0.693. The number of Topliss-reactive ketones (excluding diaryl/α,β-unsaturated/α-hetero) is 1. The molecule has 5 heterocycles. The first-order valence-corrected chi connectivity index (χ1v) is 28.7. The zero-order valence-electron chi connectivity index (χ0n) is 47.1. The number of rotatable bonds is 15. The van der Waals surface area contributed by atoms with E-state index in [4.69, 9.17) is 19.2 Å². The fourth-order valence-electron chi connectivity index (χ4n) is 15.1. The summed E-state index contributed by atoms with van der Waals surface area (Å²) in [4.78, 5) is 92.1. The number of ketones is 2. The Bertz CT molecular complexity index is 3260. The number of fused-ring (bicyclic) bond motifs is 9. The van der Waals surface area contributed by atoms with E-state index in [1.807, 2.05) is 37.2 Å². The van der Waals surface area contributed by atoms with Gasteiger partial charge in [-0.2, -0.15) is 0 Å². The molecule has 4 aliphatic carbocycles. The Kier molecular flexibility index (Phi) is 14.6. The minimum Gasteiger partial charge on any atom is -0.458 e. The molecule has 418 valence electrons. The van der Waals surface area contributed by atoms with Crippen molar-refractivity contribution < 1.29 is 43.3 Å². The van der Waals surface area contributed by atoms with Gasteiger partial charge in [-0.15, -0.1) is 0 Å². The second-order valence-electron chi connectivity index (χ2n) is 24.2. The van der Waals surface area contributed by atoms with Gasteiger partial charge in [-0.3, -0.25) is 24.1 Å². The third kappa shape index (κ3) is 9.72. The topological polar surface area (TPSA) is 181 Å². The Morgan fingerprint density at radius 3 is 2.42 bits per heavy atom. The number of ether oxygens (including phenoxy) is 3. The molecule has 79 heavy (non-hydrogen) atoms. The third-order valence-electron chi connectivity index (χ3n) is 19.2. The Morgan fingerprint density at radius 1 is 0.924 bits per heavy atom. The summed E-state index contributed by atoms with van der Waals surface area (Å²) in [5.41, 5.74) is 7.02. The number of piperazine rings is 1. The van der Waals surface area contributed by atoms with Crippen LogP contribution >= 0.6 is 0 Å². The van der Waals surface area contributed by atoms with Gasteiger partial charge in [0.05, 0.1) is 29.0 Å². The molecule has 1 saturated heterocycles. The Hall–Kier alpha value is -6.49. The Labute approximate surface area is 462 Å². The fourth-order valence-corrected chi connectivity index (χ4v) is 15.1. The zero-order chi connectivity index (χ0) is 55.7. The van der Waals surface area contributed by atoms with Gasteiger partial charge in [-0.25, -0.2) is 14.6 Å². The van der Waals surface area contributed by atoms with Crippen molar-refractivity contribution >= 4 is 46.2 Å². The van der Waals surface area contributed by atoms with E-state index < -0.39 is 17.2 Å². The number of aliphatic hydroxyl groups is 1. The number of carbonyl (C=O) groups excluding carboxylic acids is 5. The van der Waals surface area contributed by atoms with E-state index in [1.54, 1.807) is 35.4 Å². The number of esters is 2. The van der Waals surface area contributed by atoms with Crippen LogP contribution < -0.4 is 15.2 Å². The number of nitrogens with zero attached hydrogens (tertiary/aromatic N) is 6. The fraction of sp³-hybridized carbons (Fsp3) is 0.540. The quantitative estimate of drug-likeness (QED) is 0.0776. The summed E-state index contributed by atoms with van der Waals surface area (Å²) in [7, 11) is 6.07. The number of carbonyl (C=O) groups is 5. The van der Waals surface area contributed by atoms with Crippen LogP contribution in [0.4, 0.5) is 10.5 Å². The van der Waals surface area contributed by atoms with Gasteiger partial charge in [0.1, 0.15) is 23.7 Å². The molecule has 2 aromatic heterocycles. The van der Waals surface area contributed by atoms with Crippen molar-refractivity contribution in [3.8, 4) is 17.1 Å². The number of unbranched alkanes of at least 4 members (excludes halogenated alkanes) is 2. The van der Waals surface area contributed by atoms with Crippen LogP contribution in [0.3, 0.4) is 0 Å². The van der Waals surface area contributed by atoms with Crippen molar-refractivity contribution in [1.29, 1.82) is 0 Å². The lowest BCUT2D eigenvalue weighted by Crippen LogP contribution is -2.54. The van der Waals surface area contributed by atoms with Gasteiger partial charge in [0.2, 0.25) is 0 Å². The van der Waals surface area contributed by atoms with Crippen LogP contribution in [-0.4, -0.2) is 125 Å². The van der Waals surface area contributed by atoms with E-state index in [1.165, 1.54) is 29.2 Å². The predicted molar refractivity (Wildman–Crippen MR) is 300 cm³/mol. The van der Waals surface area contributed by atoms with E-state index in [-0.39, 0.29) is 77.6 Å². The van der Waals surface area contributed by atoms with Crippen LogP contribution in [0, 0.1) is 17.3 Å². The van der Waals surface area contributed by atoms with Crippen molar-refractivity contribution in [3.63, 3.8) is 0 Å². The lowest BCUT2D eigenvalue weighted by Gasteiger charge is -2.55. The molecule has 0 bridgehead atoms. The third-order valence-corrected chi connectivity index (χ3v) is 19.2. The lowest BCUT2D eigenvalue weighted by molar-refractivity contribution is -0.178. The van der Waals surface area contributed by atoms with Crippen molar-refractivity contribution in [2.45, 2.75) is 142 Å². The van der Waals surface area contributed by atoms with Gasteiger partial charge in [-0.1, -0.05) is 38.0 Å². The number of allylic oxidation sites excluding steroid dienone is 4. The minimum atomic E-state index is -1.91. The van der Waals surface area contributed by atoms with E-state index in [9.17, 15) is 33.9 Å². The second-order valence-corrected chi connectivity index (χ2v) is 24.2. The molecule has 1 N–H and O–H groups in total. The van der Waals surface area contributed by atoms with E-state index >= 15 is 0 Å². The van der Waals surface area contributed by atoms with Crippen molar-refractivity contribution in [2.24, 2.45) is 17.3 Å². The summed E-state index contributed by atoms with van der Waals surface area (Å²) in [5, 5.41) is 12.1. The van der Waals surface area contributed by atoms with Gasteiger partial charge >= 0.3 is 18.0 Å². The number of amides is 1. The highest BCUT2D eigenvalue weighted by molar-refractivity contribution is 5.93. The summed E-state index contributed by atoms with van der Waals surface area (Å²) < 4.78 is 19.4. The van der Waals surface area contributed by atoms with E-state index in [2.05, 4.69) is 48.0 Å². The number of hydrogen-bond acceptors (Lipinski definition) is 14. The van der Waals surface area contributed by atoms with E-state index in [0.717, 1.165) is 99.7 Å². The molecule has 0 radical (unpaired) electrons. The van der Waals surface area contributed by atoms with Crippen LogP contribution in [-0.2, 0) is 53.9 Å². The first kappa shape index (κ1) is 54.5.